The van der Waals surface area contributed by atoms with Crippen LogP contribution in [0.15, 0.2) is 48.7 Å². The minimum absolute atomic E-state index is 0.0176. The first-order chi connectivity index (χ1) is 11.1. The normalized spacial score (nSPS) is 10.2. The van der Waals surface area contributed by atoms with Crippen molar-refractivity contribution in [3.8, 4) is 0 Å². The zero-order valence-electron chi connectivity index (χ0n) is 12.8. The maximum absolute atomic E-state index is 12.1. The average molecular weight is 332 g/mol. The van der Waals surface area contributed by atoms with Gasteiger partial charge in [-0.1, -0.05) is 29.8 Å². The molecule has 23 heavy (non-hydrogen) atoms. The van der Waals surface area contributed by atoms with Gasteiger partial charge in [-0.2, -0.15) is 0 Å². The van der Waals surface area contributed by atoms with E-state index >= 15 is 0 Å². The molecule has 0 aliphatic carbocycles. The van der Waals surface area contributed by atoms with Crippen molar-refractivity contribution in [3.05, 3.63) is 53.8 Å². The molecule has 1 heterocycles. The molecule has 0 atom stereocenters. The van der Waals surface area contributed by atoms with Gasteiger partial charge in [0.05, 0.1) is 0 Å². The largest absolute Gasteiger partial charge is 0.326 e. The molecule has 0 bridgehead atoms. The number of amides is 2. The molecule has 0 aliphatic heterocycles. The zero-order valence-corrected chi connectivity index (χ0v) is 13.6. The zero-order chi connectivity index (χ0) is 16.7. The monoisotopic (exact) mass is 331 g/mol. The number of pyridine rings is 1. The second-order valence-corrected chi connectivity index (χ2v) is 5.44. The van der Waals surface area contributed by atoms with Gasteiger partial charge in [-0.25, -0.2) is 4.98 Å². The van der Waals surface area contributed by atoms with Crippen LogP contribution in [0.2, 0.25) is 5.15 Å². The lowest BCUT2D eigenvalue weighted by Crippen LogP contribution is -2.26. The summed E-state index contributed by atoms with van der Waals surface area (Å²) in [6, 6.07) is 12.7. The Balaban J connectivity index is 1.76. The summed E-state index contributed by atoms with van der Waals surface area (Å²) in [5, 5.41) is 3.05. The van der Waals surface area contributed by atoms with E-state index < -0.39 is 0 Å². The first-order valence-corrected chi connectivity index (χ1v) is 7.67. The summed E-state index contributed by atoms with van der Waals surface area (Å²) >= 11 is 5.75. The van der Waals surface area contributed by atoms with Crippen molar-refractivity contribution in [2.45, 2.75) is 19.3 Å². The second kappa shape index (κ2) is 8.29. The average Bonchev–Trinajstić information content (AvgIpc) is 2.55. The van der Waals surface area contributed by atoms with Crippen LogP contribution in [-0.2, 0) is 9.59 Å². The number of hydrogen-bond donors (Lipinski definition) is 1. The van der Waals surface area contributed by atoms with Gasteiger partial charge in [-0.3, -0.25) is 9.59 Å². The molecule has 120 valence electrons. The van der Waals surface area contributed by atoms with Gasteiger partial charge < -0.3 is 10.2 Å². The third kappa shape index (κ3) is 5.38. The molecule has 0 spiro atoms. The highest BCUT2D eigenvalue weighted by Gasteiger charge is 2.11. The minimum Gasteiger partial charge on any atom is -0.326 e. The summed E-state index contributed by atoms with van der Waals surface area (Å²) < 4.78 is 0. The maximum atomic E-state index is 12.1. The van der Waals surface area contributed by atoms with E-state index in [2.05, 4.69) is 10.3 Å². The second-order valence-electron chi connectivity index (χ2n) is 5.06. The molecule has 1 N–H and O–H groups in total. The van der Waals surface area contributed by atoms with Gasteiger partial charge in [0.1, 0.15) is 5.15 Å². The lowest BCUT2D eigenvalue weighted by molar-refractivity contribution is -0.118. The van der Waals surface area contributed by atoms with E-state index in [0.717, 1.165) is 5.69 Å². The third-order valence-electron chi connectivity index (χ3n) is 3.32. The van der Waals surface area contributed by atoms with Crippen LogP contribution in [0.4, 0.5) is 11.4 Å². The van der Waals surface area contributed by atoms with Crippen molar-refractivity contribution in [2.75, 3.05) is 17.3 Å². The highest BCUT2D eigenvalue weighted by atomic mass is 35.5. The molecular formula is C17H18ClN3O2. The molecule has 2 amide bonds. The summed E-state index contributed by atoms with van der Waals surface area (Å²) in [6.07, 6.45) is 2.60. The summed E-state index contributed by atoms with van der Waals surface area (Å²) in [6.45, 7) is 0. The Morgan fingerprint density at radius 1 is 1.17 bits per heavy atom. The fraction of sp³-hybridized carbons (Fsp3) is 0.235. The molecule has 2 aromatic rings. The van der Waals surface area contributed by atoms with Gasteiger partial charge in [0.15, 0.2) is 0 Å². The number of anilines is 2. The number of carbonyl (C=O) groups excluding carboxylic acids is 2. The Bertz CT molecular complexity index is 677. The standard InChI is InChI=1S/C17H18ClN3O2/c1-21(14-6-3-2-4-7-14)17(23)9-5-8-16(22)20-13-10-11-19-15(18)12-13/h2-4,6-7,10-12H,5,8-9H2,1H3,(H,19,20,22). The number of aromatic nitrogens is 1. The molecule has 1 aromatic carbocycles. The summed E-state index contributed by atoms with van der Waals surface area (Å²) in [4.78, 5) is 29.4. The van der Waals surface area contributed by atoms with E-state index in [1.54, 1.807) is 24.1 Å². The number of carbonyl (C=O) groups is 2. The number of benzene rings is 1. The van der Waals surface area contributed by atoms with Gasteiger partial charge in [0.2, 0.25) is 11.8 Å². The van der Waals surface area contributed by atoms with Crippen LogP contribution >= 0.6 is 11.6 Å². The Morgan fingerprint density at radius 3 is 2.61 bits per heavy atom. The topological polar surface area (TPSA) is 62.3 Å². The predicted octanol–water partition coefficient (Wildman–Crippen LogP) is 3.51. The molecule has 0 saturated carbocycles. The van der Waals surface area contributed by atoms with E-state index in [0.29, 0.717) is 23.7 Å². The van der Waals surface area contributed by atoms with E-state index in [1.807, 2.05) is 30.3 Å². The lowest BCUT2D eigenvalue weighted by Gasteiger charge is -2.17. The Hall–Kier alpha value is -2.40. The fourth-order valence-corrected chi connectivity index (χ4v) is 2.24. The molecule has 0 saturated heterocycles. The summed E-state index contributed by atoms with van der Waals surface area (Å²) in [5.41, 5.74) is 1.44. The number of rotatable bonds is 6. The molecule has 0 radical (unpaired) electrons. The molecule has 0 fully saturated rings. The van der Waals surface area contributed by atoms with Crippen LogP contribution in [0.1, 0.15) is 19.3 Å². The molecule has 6 heteroatoms. The Kier molecular flexibility index (Phi) is 6.11. The van der Waals surface area contributed by atoms with Gasteiger partial charge in [-0.15, -0.1) is 0 Å². The van der Waals surface area contributed by atoms with E-state index in [-0.39, 0.29) is 18.2 Å². The number of nitrogens with one attached hydrogen (secondary N) is 1. The quantitative estimate of drug-likeness (QED) is 0.824. The van der Waals surface area contributed by atoms with Gasteiger partial charge >= 0.3 is 0 Å². The van der Waals surface area contributed by atoms with Crippen LogP contribution in [0.25, 0.3) is 0 Å². The maximum Gasteiger partial charge on any atom is 0.226 e. The SMILES string of the molecule is CN(C(=O)CCCC(=O)Nc1ccnc(Cl)c1)c1ccccc1. The Morgan fingerprint density at radius 2 is 1.91 bits per heavy atom. The smallest absolute Gasteiger partial charge is 0.226 e. The van der Waals surface area contributed by atoms with E-state index in [1.165, 1.54) is 6.20 Å². The highest BCUT2D eigenvalue weighted by molar-refractivity contribution is 6.29. The molecule has 2 rings (SSSR count). The van der Waals surface area contributed by atoms with Gasteiger partial charge in [0.25, 0.3) is 0 Å². The number of para-hydroxylation sites is 1. The third-order valence-corrected chi connectivity index (χ3v) is 3.53. The summed E-state index contributed by atoms with van der Waals surface area (Å²) in [7, 11) is 1.73. The first kappa shape index (κ1) is 17.0. The first-order valence-electron chi connectivity index (χ1n) is 7.29. The number of hydrogen-bond acceptors (Lipinski definition) is 3. The fourth-order valence-electron chi connectivity index (χ4n) is 2.07. The molecular weight excluding hydrogens is 314 g/mol. The van der Waals surface area contributed by atoms with Crippen LogP contribution in [0, 0.1) is 0 Å². The van der Waals surface area contributed by atoms with E-state index in [4.69, 9.17) is 11.6 Å². The van der Waals surface area contributed by atoms with Crippen molar-refractivity contribution in [1.82, 2.24) is 4.98 Å². The van der Waals surface area contributed by atoms with Crippen LogP contribution in [-0.4, -0.2) is 23.8 Å². The molecule has 5 nitrogen and oxygen atoms in total. The molecule has 1 aromatic heterocycles. The highest BCUT2D eigenvalue weighted by Crippen LogP contribution is 2.14. The van der Waals surface area contributed by atoms with E-state index in [9.17, 15) is 9.59 Å². The van der Waals surface area contributed by atoms with Gasteiger partial charge in [-0.05, 0) is 30.7 Å². The minimum atomic E-state index is -0.151. The Labute approximate surface area is 140 Å². The van der Waals surface area contributed by atoms with Crippen molar-refractivity contribution in [1.29, 1.82) is 0 Å². The molecule has 0 unspecified atom stereocenters. The van der Waals surface area contributed by atoms with Crippen LogP contribution < -0.4 is 10.2 Å². The van der Waals surface area contributed by atoms with Crippen molar-refractivity contribution in [3.63, 3.8) is 0 Å². The van der Waals surface area contributed by atoms with Crippen LogP contribution in [0.3, 0.4) is 0 Å². The molecule has 0 aliphatic rings. The predicted molar refractivity (Wildman–Crippen MR) is 91.6 cm³/mol. The van der Waals surface area contributed by atoms with Crippen LogP contribution in [0.5, 0.6) is 0 Å². The lowest BCUT2D eigenvalue weighted by atomic mass is 10.2. The van der Waals surface area contributed by atoms with Gasteiger partial charge in [0, 0.05) is 37.5 Å². The van der Waals surface area contributed by atoms with Crippen molar-refractivity contribution < 1.29 is 9.59 Å². The van der Waals surface area contributed by atoms with Crippen molar-refractivity contribution in [2.24, 2.45) is 0 Å². The number of nitrogens with zero attached hydrogens (tertiary/aromatic N) is 2. The summed E-state index contributed by atoms with van der Waals surface area (Å²) in [5.74, 6) is -0.168. The van der Waals surface area contributed by atoms with Crippen molar-refractivity contribution >= 4 is 34.8 Å². The number of halogens is 1.